The van der Waals surface area contributed by atoms with Gasteiger partial charge in [0.05, 0.1) is 11.3 Å². The number of nitrogens with zero attached hydrogens (tertiary/aromatic N) is 1. The molecule has 1 unspecified atom stereocenters. The fraction of sp³-hybridized carbons (Fsp3) is 0.500. The Hall–Kier alpha value is -2.25. The van der Waals surface area contributed by atoms with Gasteiger partial charge in [0.15, 0.2) is 0 Å². The van der Waals surface area contributed by atoms with E-state index in [0.29, 0.717) is 5.56 Å². The van der Waals surface area contributed by atoms with Gasteiger partial charge in [-0.3, -0.25) is 9.59 Å². The third-order valence-corrected chi connectivity index (χ3v) is 3.66. The van der Waals surface area contributed by atoms with Crippen molar-refractivity contribution in [2.75, 3.05) is 13.6 Å². The Labute approximate surface area is 138 Å². The summed E-state index contributed by atoms with van der Waals surface area (Å²) in [5, 5.41) is 8.91. The quantitative estimate of drug-likeness (QED) is 0.859. The highest BCUT2D eigenvalue weighted by atomic mass is 19.4. The third-order valence-electron chi connectivity index (χ3n) is 3.66. The average Bonchev–Trinajstić information content (AvgIpc) is 2.44. The van der Waals surface area contributed by atoms with Crippen LogP contribution in [0.25, 0.3) is 0 Å². The van der Waals surface area contributed by atoms with E-state index in [0.717, 1.165) is 12.1 Å². The lowest BCUT2D eigenvalue weighted by molar-refractivity contribution is -0.274. The molecule has 1 atom stereocenters. The second-order valence-corrected chi connectivity index (χ2v) is 6.12. The van der Waals surface area contributed by atoms with E-state index in [1.807, 2.05) is 0 Å². The van der Waals surface area contributed by atoms with Crippen LogP contribution in [0.4, 0.5) is 13.2 Å². The summed E-state index contributed by atoms with van der Waals surface area (Å²) >= 11 is 0. The van der Waals surface area contributed by atoms with Crippen molar-refractivity contribution in [3.05, 3.63) is 29.8 Å². The number of rotatable bonds is 6. The molecular formula is C16H20F3NO4. The van der Waals surface area contributed by atoms with Crippen molar-refractivity contribution in [2.45, 2.75) is 32.5 Å². The number of hydrogen-bond acceptors (Lipinski definition) is 3. The van der Waals surface area contributed by atoms with E-state index in [4.69, 9.17) is 5.11 Å². The molecule has 0 aliphatic rings. The summed E-state index contributed by atoms with van der Waals surface area (Å²) in [7, 11) is 1.49. The van der Waals surface area contributed by atoms with Gasteiger partial charge >= 0.3 is 12.3 Å². The molecule has 1 rings (SSSR count). The van der Waals surface area contributed by atoms with E-state index in [-0.39, 0.29) is 18.2 Å². The molecule has 0 bridgehead atoms. The van der Waals surface area contributed by atoms with Crippen molar-refractivity contribution in [3.63, 3.8) is 0 Å². The molecule has 134 valence electrons. The van der Waals surface area contributed by atoms with E-state index in [9.17, 15) is 22.8 Å². The first-order valence-corrected chi connectivity index (χ1v) is 7.19. The number of carbonyl (C=O) groups is 2. The third kappa shape index (κ3) is 5.14. The van der Waals surface area contributed by atoms with Crippen LogP contribution in [0.15, 0.2) is 24.3 Å². The standard InChI is InChI=1S/C16H20F3NO4/c1-10(13(21)22)9-20(4)14(23)15(2,3)11-5-7-12(8-6-11)24-16(17,18)19/h5-8,10H,9H2,1-4H3,(H,21,22). The van der Waals surface area contributed by atoms with Crippen LogP contribution in [0.3, 0.4) is 0 Å². The number of hydrogen-bond donors (Lipinski definition) is 1. The van der Waals surface area contributed by atoms with Crippen LogP contribution in [0.1, 0.15) is 26.3 Å². The van der Waals surface area contributed by atoms with Crippen LogP contribution in [0.2, 0.25) is 0 Å². The number of amides is 1. The Morgan fingerprint density at radius 2 is 1.71 bits per heavy atom. The molecule has 1 aromatic carbocycles. The molecule has 0 radical (unpaired) electrons. The Bertz CT molecular complexity index is 596. The fourth-order valence-corrected chi connectivity index (χ4v) is 2.25. The van der Waals surface area contributed by atoms with Gasteiger partial charge in [-0.05, 0) is 31.5 Å². The summed E-state index contributed by atoms with van der Waals surface area (Å²) in [5.41, 5.74) is -0.527. The van der Waals surface area contributed by atoms with E-state index in [2.05, 4.69) is 4.74 Å². The van der Waals surface area contributed by atoms with Crippen molar-refractivity contribution in [3.8, 4) is 5.75 Å². The topological polar surface area (TPSA) is 66.8 Å². The lowest BCUT2D eigenvalue weighted by Gasteiger charge is -2.30. The van der Waals surface area contributed by atoms with Gasteiger partial charge < -0.3 is 14.7 Å². The number of carboxylic acids is 1. The minimum Gasteiger partial charge on any atom is -0.481 e. The molecular weight excluding hydrogens is 327 g/mol. The van der Waals surface area contributed by atoms with Crippen molar-refractivity contribution in [2.24, 2.45) is 5.92 Å². The minimum atomic E-state index is -4.78. The van der Waals surface area contributed by atoms with Crippen molar-refractivity contribution in [1.82, 2.24) is 4.90 Å². The van der Waals surface area contributed by atoms with Crippen LogP contribution in [-0.4, -0.2) is 41.8 Å². The Kier molecular flexibility index (Phi) is 5.86. The number of carboxylic acid groups (broad SMARTS) is 1. The average molecular weight is 347 g/mol. The molecule has 0 saturated carbocycles. The molecule has 1 N–H and O–H groups in total. The summed E-state index contributed by atoms with van der Waals surface area (Å²) in [5.74, 6) is -2.44. The monoisotopic (exact) mass is 347 g/mol. The zero-order valence-corrected chi connectivity index (χ0v) is 13.8. The highest BCUT2D eigenvalue weighted by Gasteiger charge is 2.34. The number of halogens is 3. The molecule has 0 aliphatic carbocycles. The predicted octanol–water partition coefficient (Wildman–Crippen LogP) is 3.04. The van der Waals surface area contributed by atoms with Crippen molar-refractivity contribution >= 4 is 11.9 Å². The summed E-state index contributed by atoms with van der Waals surface area (Å²) in [6.07, 6.45) is -4.78. The maximum absolute atomic E-state index is 12.6. The number of benzene rings is 1. The van der Waals surface area contributed by atoms with Crippen LogP contribution < -0.4 is 4.74 Å². The summed E-state index contributed by atoms with van der Waals surface area (Å²) in [4.78, 5) is 24.7. The largest absolute Gasteiger partial charge is 0.573 e. The van der Waals surface area contributed by atoms with Gasteiger partial charge in [0.2, 0.25) is 5.91 Å². The van der Waals surface area contributed by atoms with Gasteiger partial charge in [0.1, 0.15) is 5.75 Å². The molecule has 0 aromatic heterocycles. The molecule has 0 aliphatic heterocycles. The molecule has 1 amide bonds. The van der Waals surface area contributed by atoms with Gasteiger partial charge in [0.25, 0.3) is 0 Å². The minimum absolute atomic E-state index is 0.0346. The first kappa shape index (κ1) is 19.8. The molecule has 1 aromatic rings. The number of ether oxygens (including phenoxy) is 1. The van der Waals surface area contributed by atoms with E-state index < -0.39 is 23.7 Å². The Morgan fingerprint density at radius 1 is 1.21 bits per heavy atom. The molecule has 0 heterocycles. The van der Waals surface area contributed by atoms with Gasteiger partial charge in [-0.25, -0.2) is 0 Å². The second-order valence-electron chi connectivity index (χ2n) is 6.12. The van der Waals surface area contributed by atoms with Crippen LogP contribution in [0, 0.1) is 5.92 Å². The summed E-state index contributed by atoms with van der Waals surface area (Å²) in [6.45, 7) is 4.77. The van der Waals surface area contributed by atoms with Gasteiger partial charge in [-0.2, -0.15) is 0 Å². The Balaban J connectivity index is 2.90. The SMILES string of the molecule is CC(CN(C)C(=O)C(C)(C)c1ccc(OC(F)(F)F)cc1)C(=O)O. The van der Waals surface area contributed by atoms with Gasteiger partial charge in [0, 0.05) is 13.6 Å². The van der Waals surface area contributed by atoms with Crippen molar-refractivity contribution < 1.29 is 32.6 Å². The molecule has 24 heavy (non-hydrogen) atoms. The van der Waals surface area contributed by atoms with E-state index >= 15 is 0 Å². The van der Waals surface area contributed by atoms with E-state index in [1.54, 1.807) is 13.8 Å². The van der Waals surface area contributed by atoms with Gasteiger partial charge in [-0.1, -0.05) is 19.1 Å². The molecule has 5 nitrogen and oxygen atoms in total. The second kappa shape index (κ2) is 7.11. The molecule has 0 fully saturated rings. The highest BCUT2D eigenvalue weighted by Crippen LogP contribution is 2.29. The maximum Gasteiger partial charge on any atom is 0.573 e. The van der Waals surface area contributed by atoms with Gasteiger partial charge in [-0.15, -0.1) is 13.2 Å². The Morgan fingerprint density at radius 3 is 2.12 bits per heavy atom. The number of likely N-dealkylation sites (N-methyl/N-ethyl adjacent to an activating group) is 1. The molecule has 0 spiro atoms. The van der Waals surface area contributed by atoms with Crippen LogP contribution in [-0.2, 0) is 15.0 Å². The van der Waals surface area contributed by atoms with Crippen LogP contribution in [0.5, 0.6) is 5.75 Å². The lowest BCUT2D eigenvalue weighted by atomic mass is 9.83. The van der Waals surface area contributed by atoms with Crippen molar-refractivity contribution in [1.29, 1.82) is 0 Å². The first-order chi connectivity index (χ1) is 10.8. The zero-order valence-electron chi connectivity index (χ0n) is 13.8. The first-order valence-electron chi connectivity index (χ1n) is 7.19. The van der Waals surface area contributed by atoms with E-state index in [1.165, 1.54) is 31.0 Å². The predicted molar refractivity (Wildman–Crippen MR) is 80.6 cm³/mol. The zero-order chi connectivity index (χ0) is 18.7. The normalized spacial score (nSPS) is 13.3. The molecule has 8 heteroatoms. The van der Waals surface area contributed by atoms with Crippen LogP contribution >= 0.6 is 0 Å². The summed E-state index contributed by atoms with van der Waals surface area (Å²) < 4.78 is 40.3. The maximum atomic E-state index is 12.6. The molecule has 0 saturated heterocycles. The lowest BCUT2D eigenvalue weighted by Crippen LogP contribution is -2.43. The highest BCUT2D eigenvalue weighted by molar-refractivity contribution is 5.87. The fourth-order valence-electron chi connectivity index (χ4n) is 2.25. The number of aliphatic carboxylic acids is 1. The smallest absolute Gasteiger partial charge is 0.481 e. The number of alkyl halides is 3. The number of carbonyl (C=O) groups excluding carboxylic acids is 1. The summed E-state index contributed by atoms with van der Waals surface area (Å²) in [6, 6.07) is 5.04.